The van der Waals surface area contributed by atoms with Crippen molar-refractivity contribution in [1.82, 2.24) is 4.98 Å². The van der Waals surface area contributed by atoms with Gasteiger partial charge in [0.1, 0.15) is 6.61 Å². The van der Waals surface area contributed by atoms with Crippen LogP contribution in [0.5, 0.6) is 0 Å². The molecule has 0 bridgehead atoms. The van der Waals surface area contributed by atoms with Crippen LogP contribution in [0, 0.1) is 0 Å². The van der Waals surface area contributed by atoms with Crippen LogP contribution in [0.3, 0.4) is 0 Å². The topological polar surface area (TPSA) is 51.2 Å². The van der Waals surface area contributed by atoms with Gasteiger partial charge in [-0.15, -0.1) is 0 Å². The van der Waals surface area contributed by atoms with Gasteiger partial charge in [0.2, 0.25) is 0 Å². The van der Waals surface area contributed by atoms with Crippen molar-refractivity contribution in [2.75, 3.05) is 11.9 Å². The van der Waals surface area contributed by atoms with E-state index >= 15 is 0 Å². The molecule has 3 rings (SSSR count). The Morgan fingerprint density at radius 3 is 2.64 bits per heavy atom. The molecule has 1 amide bonds. The van der Waals surface area contributed by atoms with Gasteiger partial charge in [0.25, 0.3) is 0 Å². The maximum Gasteiger partial charge on any atom is 0.411 e. The summed E-state index contributed by atoms with van der Waals surface area (Å²) < 4.78 is 5.48. The van der Waals surface area contributed by atoms with Gasteiger partial charge < -0.3 is 4.74 Å². The summed E-state index contributed by atoms with van der Waals surface area (Å²) >= 11 is 0. The van der Waals surface area contributed by atoms with Crippen molar-refractivity contribution in [2.45, 2.75) is 32.1 Å². The fourth-order valence-electron chi connectivity index (χ4n) is 3.08. The lowest BCUT2D eigenvalue weighted by Crippen LogP contribution is -2.33. The number of hydrogen-bond donors (Lipinski definition) is 1. The molecular weight excluding hydrogens is 276 g/mol. The predicted octanol–water partition coefficient (Wildman–Crippen LogP) is 4.37. The van der Waals surface area contributed by atoms with Crippen molar-refractivity contribution in [3.63, 3.8) is 0 Å². The molecule has 0 saturated heterocycles. The number of carbonyl (C=O) groups is 1. The molecule has 0 aliphatic carbocycles. The van der Waals surface area contributed by atoms with E-state index in [0.717, 1.165) is 35.3 Å². The molecule has 0 unspecified atom stereocenters. The zero-order chi connectivity index (χ0) is 15.6. The van der Waals surface area contributed by atoms with Gasteiger partial charge in [-0.05, 0) is 25.0 Å². The van der Waals surface area contributed by atoms with Gasteiger partial charge in [0.15, 0.2) is 0 Å². The van der Waals surface area contributed by atoms with Crippen LogP contribution < -0.4 is 5.32 Å². The van der Waals surface area contributed by atoms with Crippen molar-refractivity contribution in [1.29, 1.82) is 0 Å². The highest BCUT2D eigenvalue weighted by Crippen LogP contribution is 2.40. The Kier molecular flexibility index (Phi) is 3.84. The molecular formula is C18H20N2O2. The number of para-hydroxylation sites is 1. The van der Waals surface area contributed by atoms with Crippen molar-refractivity contribution in [2.24, 2.45) is 0 Å². The molecule has 114 valence electrons. The smallest absolute Gasteiger partial charge is 0.411 e. The van der Waals surface area contributed by atoms with E-state index in [1.165, 1.54) is 0 Å². The molecule has 2 heterocycles. The summed E-state index contributed by atoms with van der Waals surface area (Å²) in [6.45, 7) is 4.57. The highest BCUT2D eigenvalue weighted by Gasteiger charge is 2.35. The van der Waals surface area contributed by atoms with Crippen molar-refractivity contribution >= 4 is 11.8 Å². The third-order valence-electron chi connectivity index (χ3n) is 4.60. The zero-order valence-electron chi connectivity index (χ0n) is 12.9. The molecule has 22 heavy (non-hydrogen) atoms. The Morgan fingerprint density at radius 2 is 1.86 bits per heavy atom. The number of ether oxygens (including phenoxy) is 1. The number of amides is 1. The summed E-state index contributed by atoms with van der Waals surface area (Å²) in [5.74, 6) is 0. The van der Waals surface area contributed by atoms with Gasteiger partial charge in [0, 0.05) is 22.7 Å². The van der Waals surface area contributed by atoms with Crippen LogP contribution in [0.15, 0.2) is 42.6 Å². The maximum absolute atomic E-state index is 12.1. The molecule has 2 aromatic rings. The van der Waals surface area contributed by atoms with Gasteiger partial charge in [0.05, 0.1) is 11.4 Å². The fourth-order valence-corrected chi connectivity index (χ4v) is 3.08. The van der Waals surface area contributed by atoms with E-state index in [-0.39, 0.29) is 5.41 Å². The Bertz CT molecular complexity index is 693. The summed E-state index contributed by atoms with van der Waals surface area (Å²) in [7, 11) is 0. The van der Waals surface area contributed by atoms with E-state index in [1.807, 2.05) is 36.5 Å². The summed E-state index contributed by atoms with van der Waals surface area (Å²) in [4.78, 5) is 16.7. The van der Waals surface area contributed by atoms with Crippen LogP contribution in [0.25, 0.3) is 11.1 Å². The Balaban J connectivity index is 2.29. The number of pyridine rings is 1. The Labute approximate surface area is 130 Å². The van der Waals surface area contributed by atoms with Crippen LogP contribution in [0.1, 0.15) is 32.4 Å². The SMILES string of the molecule is CCC1(CC)COC(=O)Nc2ccccc2-c2cccnc21. The highest BCUT2D eigenvalue weighted by molar-refractivity contribution is 5.92. The Morgan fingerprint density at radius 1 is 1.14 bits per heavy atom. The summed E-state index contributed by atoms with van der Waals surface area (Å²) in [6.07, 6.45) is 3.13. The molecule has 4 nitrogen and oxygen atoms in total. The molecule has 1 aromatic heterocycles. The molecule has 4 heteroatoms. The standard InChI is InChI=1S/C18H20N2O2/c1-3-18(4-2)12-22-17(21)20-15-10-6-5-8-13(15)14-9-7-11-19-16(14)18/h5-11H,3-4,12H2,1-2H3,(H,20,21). The quantitative estimate of drug-likeness (QED) is 0.895. The van der Waals surface area contributed by atoms with Crippen molar-refractivity contribution in [3.8, 4) is 11.1 Å². The first-order chi connectivity index (χ1) is 10.7. The minimum Gasteiger partial charge on any atom is -0.448 e. The number of carbonyl (C=O) groups excluding carboxylic acids is 1. The normalized spacial score (nSPS) is 16.2. The third-order valence-corrected chi connectivity index (χ3v) is 4.60. The molecule has 1 aliphatic rings. The number of aromatic nitrogens is 1. The summed E-state index contributed by atoms with van der Waals surface area (Å²) in [6, 6.07) is 11.8. The number of nitrogens with one attached hydrogen (secondary N) is 1. The second kappa shape index (κ2) is 5.79. The van der Waals surface area contributed by atoms with Crippen LogP contribution in [0.2, 0.25) is 0 Å². The van der Waals surface area contributed by atoms with Gasteiger partial charge in [-0.3, -0.25) is 10.3 Å². The number of rotatable bonds is 2. The number of cyclic esters (lactones) is 1. The van der Waals surface area contributed by atoms with Crippen LogP contribution in [-0.4, -0.2) is 17.7 Å². The number of benzene rings is 1. The van der Waals surface area contributed by atoms with E-state index < -0.39 is 6.09 Å². The molecule has 1 aromatic carbocycles. The van der Waals surface area contributed by atoms with Gasteiger partial charge in [-0.1, -0.05) is 38.1 Å². The summed E-state index contributed by atoms with van der Waals surface area (Å²) in [5.41, 5.74) is 3.54. The zero-order valence-corrected chi connectivity index (χ0v) is 12.9. The average molecular weight is 296 g/mol. The minimum atomic E-state index is -0.411. The molecule has 0 fully saturated rings. The minimum absolute atomic E-state index is 0.259. The van der Waals surface area contributed by atoms with Crippen molar-refractivity contribution in [3.05, 3.63) is 48.3 Å². The predicted molar refractivity (Wildman–Crippen MR) is 86.9 cm³/mol. The first-order valence-electron chi connectivity index (χ1n) is 7.69. The van der Waals surface area contributed by atoms with Crippen molar-refractivity contribution < 1.29 is 9.53 Å². The molecule has 0 radical (unpaired) electrons. The fraction of sp³-hybridized carbons (Fsp3) is 0.333. The van der Waals surface area contributed by atoms with Crippen LogP contribution >= 0.6 is 0 Å². The van der Waals surface area contributed by atoms with E-state index in [0.29, 0.717) is 6.61 Å². The molecule has 0 spiro atoms. The van der Waals surface area contributed by atoms with E-state index in [4.69, 9.17) is 4.74 Å². The second-order valence-electron chi connectivity index (χ2n) is 5.63. The third kappa shape index (κ3) is 2.34. The number of nitrogens with zero attached hydrogens (tertiary/aromatic N) is 1. The lowest BCUT2D eigenvalue weighted by atomic mass is 9.76. The largest absolute Gasteiger partial charge is 0.448 e. The number of fused-ring (bicyclic) bond motifs is 3. The van der Waals surface area contributed by atoms with Crippen LogP contribution in [0.4, 0.5) is 10.5 Å². The lowest BCUT2D eigenvalue weighted by Gasteiger charge is -2.31. The summed E-state index contributed by atoms with van der Waals surface area (Å²) in [5, 5.41) is 2.84. The molecule has 1 aliphatic heterocycles. The number of anilines is 1. The monoisotopic (exact) mass is 296 g/mol. The van der Waals surface area contributed by atoms with Gasteiger partial charge in [-0.25, -0.2) is 4.79 Å². The first-order valence-corrected chi connectivity index (χ1v) is 7.69. The molecule has 0 saturated carbocycles. The van der Waals surface area contributed by atoms with Crippen LogP contribution in [-0.2, 0) is 10.2 Å². The van der Waals surface area contributed by atoms with E-state index in [1.54, 1.807) is 0 Å². The highest BCUT2D eigenvalue weighted by atomic mass is 16.5. The van der Waals surface area contributed by atoms with Gasteiger partial charge >= 0.3 is 6.09 Å². The number of hydrogen-bond acceptors (Lipinski definition) is 3. The molecule has 0 atom stereocenters. The molecule has 1 N–H and O–H groups in total. The van der Waals surface area contributed by atoms with Gasteiger partial charge in [-0.2, -0.15) is 0 Å². The Hall–Kier alpha value is -2.36. The lowest BCUT2D eigenvalue weighted by molar-refractivity contribution is 0.122. The average Bonchev–Trinajstić information content (AvgIpc) is 2.61. The second-order valence-corrected chi connectivity index (χ2v) is 5.63. The first kappa shape index (κ1) is 14.6. The van der Waals surface area contributed by atoms with E-state index in [9.17, 15) is 4.79 Å². The van der Waals surface area contributed by atoms with E-state index in [2.05, 4.69) is 30.2 Å². The maximum atomic E-state index is 12.1.